The van der Waals surface area contributed by atoms with Gasteiger partial charge in [0.1, 0.15) is 0 Å². The highest BCUT2D eigenvalue weighted by atomic mass is 14.4. The third-order valence-corrected chi connectivity index (χ3v) is 5.64. The average Bonchev–Trinajstić information content (AvgIpc) is 2.33. The second-order valence-corrected chi connectivity index (χ2v) is 6.76. The summed E-state index contributed by atoms with van der Waals surface area (Å²) < 4.78 is 0. The molecule has 1 fully saturated rings. The lowest BCUT2D eigenvalue weighted by Gasteiger charge is -2.44. The van der Waals surface area contributed by atoms with Crippen molar-refractivity contribution in [3.8, 4) is 0 Å². The van der Waals surface area contributed by atoms with Crippen LogP contribution in [0.4, 0.5) is 0 Å². The third kappa shape index (κ3) is 2.77. The number of allylic oxidation sites excluding steroid dienone is 2. The number of hydrogen-bond acceptors (Lipinski definition) is 0. The molecule has 98 valence electrons. The Kier molecular flexibility index (Phi) is 4.33. The average molecular weight is 234 g/mol. The fourth-order valence-corrected chi connectivity index (χ4v) is 4.12. The van der Waals surface area contributed by atoms with Crippen LogP contribution >= 0.6 is 0 Å². The lowest BCUT2D eigenvalue weighted by molar-refractivity contribution is 0.118. The first-order valence-electron chi connectivity index (χ1n) is 7.82. The molecule has 0 amide bonds. The van der Waals surface area contributed by atoms with E-state index in [9.17, 15) is 0 Å². The van der Waals surface area contributed by atoms with Crippen molar-refractivity contribution in [1.29, 1.82) is 0 Å². The first kappa shape index (κ1) is 13.2. The normalized spacial score (nSPS) is 39.4. The van der Waals surface area contributed by atoms with Gasteiger partial charge in [0.05, 0.1) is 0 Å². The fraction of sp³-hybridized carbons (Fsp3) is 0.882. The molecule has 2 aliphatic carbocycles. The van der Waals surface area contributed by atoms with E-state index in [1.165, 1.54) is 38.5 Å². The monoisotopic (exact) mass is 234 g/mol. The molecule has 0 aliphatic heterocycles. The molecule has 17 heavy (non-hydrogen) atoms. The Bertz CT molecular complexity index is 276. The minimum atomic E-state index is 0.866. The molecule has 5 atom stereocenters. The molecule has 0 bridgehead atoms. The Morgan fingerprint density at radius 2 is 2.00 bits per heavy atom. The van der Waals surface area contributed by atoms with E-state index in [1.54, 1.807) is 5.57 Å². The predicted molar refractivity (Wildman–Crippen MR) is 75.9 cm³/mol. The summed E-state index contributed by atoms with van der Waals surface area (Å²) in [7, 11) is 0. The van der Waals surface area contributed by atoms with E-state index < -0.39 is 0 Å². The standard InChI is InChI=1S/C17H30/c1-5-12(2)11-15-9-10-16-13(3)7-6-8-17(16)14(15)4/h9,12-14,16-17H,5-8,10-11H2,1-4H3/t12?,13-,14?,16?,17?/m0/s1. The van der Waals surface area contributed by atoms with Crippen LogP contribution in [0.1, 0.15) is 66.2 Å². The zero-order valence-electron chi connectivity index (χ0n) is 12.2. The molecule has 0 saturated heterocycles. The number of rotatable bonds is 3. The van der Waals surface area contributed by atoms with Crippen molar-refractivity contribution in [1.82, 2.24) is 0 Å². The van der Waals surface area contributed by atoms with Crippen molar-refractivity contribution >= 4 is 0 Å². The molecular weight excluding hydrogens is 204 g/mol. The van der Waals surface area contributed by atoms with E-state index in [0.29, 0.717) is 0 Å². The van der Waals surface area contributed by atoms with Crippen molar-refractivity contribution < 1.29 is 0 Å². The highest BCUT2D eigenvalue weighted by Gasteiger charge is 2.37. The van der Waals surface area contributed by atoms with E-state index in [0.717, 1.165) is 29.6 Å². The van der Waals surface area contributed by atoms with Gasteiger partial charge in [0, 0.05) is 0 Å². The highest BCUT2D eigenvalue weighted by Crippen LogP contribution is 2.47. The molecule has 0 N–H and O–H groups in total. The van der Waals surface area contributed by atoms with Crippen molar-refractivity contribution in [2.45, 2.75) is 66.2 Å². The smallest absolute Gasteiger partial charge is 0.0200 e. The van der Waals surface area contributed by atoms with Crippen LogP contribution in [-0.4, -0.2) is 0 Å². The van der Waals surface area contributed by atoms with E-state index in [1.807, 2.05) is 0 Å². The Hall–Kier alpha value is -0.260. The van der Waals surface area contributed by atoms with Crippen molar-refractivity contribution in [3.63, 3.8) is 0 Å². The summed E-state index contributed by atoms with van der Waals surface area (Å²) in [5.41, 5.74) is 1.79. The molecule has 0 aromatic heterocycles. The van der Waals surface area contributed by atoms with Crippen LogP contribution in [0.5, 0.6) is 0 Å². The molecular formula is C17H30. The van der Waals surface area contributed by atoms with Crippen LogP contribution in [0.2, 0.25) is 0 Å². The van der Waals surface area contributed by atoms with Gasteiger partial charge >= 0.3 is 0 Å². The van der Waals surface area contributed by atoms with Crippen molar-refractivity contribution in [2.75, 3.05) is 0 Å². The van der Waals surface area contributed by atoms with Gasteiger partial charge in [0.25, 0.3) is 0 Å². The summed E-state index contributed by atoms with van der Waals surface area (Å²) in [6.07, 6.45) is 11.1. The Morgan fingerprint density at radius 1 is 1.24 bits per heavy atom. The first-order chi connectivity index (χ1) is 8.13. The molecule has 0 aromatic rings. The van der Waals surface area contributed by atoms with Gasteiger partial charge < -0.3 is 0 Å². The van der Waals surface area contributed by atoms with Crippen LogP contribution in [-0.2, 0) is 0 Å². The summed E-state index contributed by atoms with van der Waals surface area (Å²) in [5, 5.41) is 0. The minimum Gasteiger partial charge on any atom is -0.0847 e. The van der Waals surface area contributed by atoms with Gasteiger partial charge in [-0.2, -0.15) is 0 Å². The zero-order chi connectivity index (χ0) is 12.4. The number of fused-ring (bicyclic) bond motifs is 1. The molecule has 4 unspecified atom stereocenters. The quantitative estimate of drug-likeness (QED) is 0.570. The lowest BCUT2D eigenvalue weighted by Crippen LogP contribution is -2.34. The Labute approximate surface area is 108 Å². The molecule has 0 heterocycles. The molecule has 1 saturated carbocycles. The Morgan fingerprint density at radius 3 is 2.71 bits per heavy atom. The summed E-state index contributed by atoms with van der Waals surface area (Å²) in [4.78, 5) is 0. The lowest BCUT2D eigenvalue weighted by atomic mass is 9.62. The Balaban J connectivity index is 2.06. The van der Waals surface area contributed by atoms with Crippen molar-refractivity contribution in [3.05, 3.63) is 11.6 Å². The summed E-state index contributed by atoms with van der Waals surface area (Å²) >= 11 is 0. The maximum atomic E-state index is 2.61. The van der Waals surface area contributed by atoms with E-state index in [-0.39, 0.29) is 0 Å². The summed E-state index contributed by atoms with van der Waals surface area (Å²) in [6, 6.07) is 0. The molecule has 0 nitrogen and oxygen atoms in total. The largest absolute Gasteiger partial charge is 0.0847 e. The van der Waals surface area contributed by atoms with Gasteiger partial charge in [-0.3, -0.25) is 0 Å². The molecule has 2 rings (SSSR count). The minimum absolute atomic E-state index is 0.866. The van der Waals surface area contributed by atoms with Gasteiger partial charge in [0.2, 0.25) is 0 Å². The van der Waals surface area contributed by atoms with Crippen LogP contribution in [0.3, 0.4) is 0 Å². The first-order valence-corrected chi connectivity index (χ1v) is 7.82. The second-order valence-electron chi connectivity index (χ2n) is 6.76. The SMILES string of the molecule is CCC(C)CC1=CCC2C(CCC[C@@H]2C)C1C. The summed E-state index contributed by atoms with van der Waals surface area (Å²) in [6.45, 7) is 9.72. The van der Waals surface area contributed by atoms with Crippen LogP contribution in [0.15, 0.2) is 11.6 Å². The van der Waals surface area contributed by atoms with Gasteiger partial charge in [0.15, 0.2) is 0 Å². The van der Waals surface area contributed by atoms with Gasteiger partial charge in [-0.05, 0) is 48.9 Å². The van der Waals surface area contributed by atoms with Crippen molar-refractivity contribution in [2.24, 2.45) is 29.6 Å². The van der Waals surface area contributed by atoms with Crippen LogP contribution in [0.25, 0.3) is 0 Å². The third-order valence-electron chi connectivity index (χ3n) is 5.64. The van der Waals surface area contributed by atoms with Gasteiger partial charge in [-0.25, -0.2) is 0 Å². The highest BCUT2D eigenvalue weighted by molar-refractivity contribution is 5.14. The molecule has 0 spiro atoms. The van der Waals surface area contributed by atoms with Gasteiger partial charge in [-0.15, -0.1) is 0 Å². The molecule has 0 aromatic carbocycles. The predicted octanol–water partition coefficient (Wildman–Crippen LogP) is 5.44. The summed E-state index contributed by atoms with van der Waals surface area (Å²) in [5.74, 6) is 4.71. The maximum Gasteiger partial charge on any atom is -0.0200 e. The second kappa shape index (κ2) is 5.59. The van der Waals surface area contributed by atoms with Crippen LogP contribution in [0, 0.1) is 29.6 Å². The molecule has 2 aliphatic rings. The van der Waals surface area contributed by atoms with E-state index >= 15 is 0 Å². The van der Waals surface area contributed by atoms with Gasteiger partial charge in [-0.1, -0.05) is 58.6 Å². The molecule has 0 radical (unpaired) electrons. The fourth-order valence-electron chi connectivity index (χ4n) is 4.12. The number of hydrogen-bond donors (Lipinski definition) is 0. The maximum absolute atomic E-state index is 2.61. The van der Waals surface area contributed by atoms with E-state index in [4.69, 9.17) is 0 Å². The molecule has 0 heteroatoms. The zero-order valence-corrected chi connectivity index (χ0v) is 12.2. The van der Waals surface area contributed by atoms with Crippen LogP contribution < -0.4 is 0 Å². The van der Waals surface area contributed by atoms with E-state index in [2.05, 4.69) is 33.8 Å². The topological polar surface area (TPSA) is 0 Å².